The fourth-order valence-electron chi connectivity index (χ4n) is 6.11. The molecule has 0 N–H and O–H groups in total. The van der Waals surface area contributed by atoms with Gasteiger partial charge in [0.05, 0.1) is 12.7 Å². The van der Waals surface area contributed by atoms with Crippen LogP contribution in [0.15, 0.2) is 34.8 Å². The van der Waals surface area contributed by atoms with Gasteiger partial charge in [0.1, 0.15) is 5.60 Å². The highest BCUT2D eigenvalue weighted by Crippen LogP contribution is 2.63. The highest BCUT2D eigenvalue weighted by molar-refractivity contribution is 6.22. The largest absolute Gasteiger partial charge is 0.492 e. The SMILES string of the molecule is COC1=CC(=O)C2=C(C=C3C(C)(CCC4C(C)(C)CCCC34C)O2)C1=O. The van der Waals surface area contributed by atoms with E-state index < -0.39 is 5.60 Å². The zero-order valence-corrected chi connectivity index (χ0v) is 16.4. The second-order valence-electron chi connectivity index (χ2n) is 9.39. The maximum atomic E-state index is 12.8. The predicted octanol–water partition coefficient (Wildman–Crippen LogP) is 4.26. The molecule has 2 saturated carbocycles. The number of hydrogen-bond acceptors (Lipinski definition) is 4. The molecule has 1 aliphatic heterocycles. The van der Waals surface area contributed by atoms with Gasteiger partial charge in [-0.15, -0.1) is 0 Å². The molecule has 4 rings (SSSR count). The van der Waals surface area contributed by atoms with E-state index in [1.165, 1.54) is 31.6 Å². The van der Waals surface area contributed by atoms with Crippen LogP contribution in [0.5, 0.6) is 0 Å². The van der Waals surface area contributed by atoms with E-state index in [0.29, 0.717) is 11.5 Å². The van der Waals surface area contributed by atoms with Crippen LogP contribution in [0.4, 0.5) is 0 Å². The zero-order valence-electron chi connectivity index (χ0n) is 16.4. The Hall–Kier alpha value is -1.84. The van der Waals surface area contributed by atoms with E-state index in [1.54, 1.807) is 0 Å². The van der Waals surface area contributed by atoms with Gasteiger partial charge < -0.3 is 9.47 Å². The lowest BCUT2D eigenvalue weighted by atomic mass is 9.47. The summed E-state index contributed by atoms with van der Waals surface area (Å²) in [6.07, 6.45) is 8.70. The van der Waals surface area contributed by atoms with E-state index in [-0.39, 0.29) is 33.9 Å². The zero-order chi connectivity index (χ0) is 18.9. The van der Waals surface area contributed by atoms with E-state index in [4.69, 9.17) is 9.47 Å². The number of Topliss-reactive ketones (excluding diaryl/α,β-unsaturated/α-hetero) is 1. The van der Waals surface area contributed by atoms with Gasteiger partial charge in [-0.2, -0.15) is 0 Å². The van der Waals surface area contributed by atoms with Crippen molar-refractivity contribution in [1.82, 2.24) is 0 Å². The third kappa shape index (κ3) is 2.20. The quantitative estimate of drug-likeness (QED) is 0.659. The second kappa shape index (κ2) is 5.34. The number of methoxy groups -OCH3 is 1. The molecule has 3 aliphatic carbocycles. The molecule has 0 aromatic rings. The molecule has 26 heavy (non-hydrogen) atoms. The van der Waals surface area contributed by atoms with Crippen molar-refractivity contribution in [3.8, 4) is 0 Å². The van der Waals surface area contributed by atoms with Crippen LogP contribution in [-0.2, 0) is 19.1 Å². The topological polar surface area (TPSA) is 52.6 Å². The molecule has 0 amide bonds. The first-order chi connectivity index (χ1) is 12.1. The lowest BCUT2D eigenvalue weighted by molar-refractivity contribution is -0.125. The first kappa shape index (κ1) is 17.6. The summed E-state index contributed by atoms with van der Waals surface area (Å²) in [5.74, 6) is 0.320. The summed E-state index contributed by atoms with van der Waals surface area (Å²) >= 11 is 0. The van der Waals surface area contributed by atoms with E-state index in [1.807, 2.05) is 6.08 Å². The fourth-order valence-corrected chi connectivity index (χ4v) is 6.11. The van der Waals surface area contributed by atoms with Gasteiger partial charge in [-0.25, -0.2) is 0 Å². The average molecular weight is 356 g/mol. The molecule has 140 valence electrons. The van der Waals surface area contributed by atoms with Crippen molar-refractivity contribution in [2.24, 2.45) is 16.7 Å². The molecule has 3 atom stereocenters. The van der Waals surface area contributed by atoms with E-state index >= 15 is 0 Å². The number of fused-ring (bicyclic) bond motifs is 3. The Balaban J connectivity index is 1.85. The minimum Gasteiger partial charge on any atom is -0.492 e. The van der Waals surface area contributed by atoms with Gasteiger partial charge in [0, 0.05) is 6.08 Å². The first-order valence-electron chi connectivity index (χ1n) is 9.63. The molecular formula is C22H28O4. The third-order valence-corrected chi connectivity index (χ3v) is 7.36. The summed E-state index contributed by atoms with van der Waals surface area (Å²) < 4.78 is 11.4. The number of allylic oxidation sites excluding steroid dienone is 3. The average Bonchev–Trinajstić information content (AvgIpc) is 2.56. The molecule has 0 aromatic heterocycles. The Morgan fingerprint density at radius 1 is 1.08 bits per heavy atom. The van der Waals surface area contributed by atoms with Crippen LogP contribution in [-0.4, -0.2) is 24.3 Å². The fraction of sp³-hybridized carbons (Fsp3) is 0.636. The minimum absolute atomic E-state index is 0.00892. The van der Waals surface area contributed by atoms with Crippen molar-refractivity contribution >= 4 is 11.6 Å². The highest BCUT2D eigenvalue weighted by atomic mass is 16.5. The molecule has 1 heterocycles. The van der Waals surface area contributed by atoms with Crippen LogP contribution in [0.25, 0.3) is 0 Å². The summed E-state index contributed by atoms with van der Waals surface area (Å²) in [5, 5.41) is 0. The number of hydrogen-bond donors (Lipinski definition) is 0. The maximum absolute atomic E-state index is 12.8. The number of ketones is 2. The van der Waals surface area contributed by atoms with Gasteiger partial charge >= 0.3 is 0 Å². The summed E-state index contributed by atoms with van der Waals surface area (Å²) in [7, 11) is 1.42. The Kier molecular flexibility index (Phi) is 3.61. The Morgan fingerprint density at radius 2 is 1.81 bits per heavy atom. The summed E-state index contributed by atoms with van der Waals surface area (Å²) in [6, 6.07) is 0. The van der Waals surface area contributed by atoms with Gasteiger partial charge in [0.25, 0.3) is 0 Å². The molecule has 4 aliphatic rings. The van der Waals surface area contributed by atoms with Crippen molar-refractivity contribution in [3.05, 3.63) is 34.8 Å². The van der Waals surface area contributed by atoms with Crippen LogP contribution in [0, 0.1) is 16.7 Å². The lowest BCUT2D eigenvalue weighted by Crippen LogP contribution is -2.55. The van der Waals surface area contributed by atoms with Crippen LogP contribution in [0.2, 0.25) is 0 Å². The van der Waals surface area contributed by atoms with Crippen LogP contribution in [0.1, 0.15) is 59.8 Å². The van der Waals surface area contributed by atoms with Gasteiger partial charge in [0.2, 0.25) is 11.6 Å². The Morgan fingerprint density at radius 3 is 2.50 bits per heavy atom. The molecule has 0 aromatic carbocycles. The number of carbonyl (C=O) groups is 2. The molecule has 0 saturated heterocycles. The number of carbonyl (C=O) groups excluding carboxylic acids is 2. The van der Waals surface area contributed by atoms with Crippen LogP contribution >= 0.6 is 0 Å². The maximum Gasteiger partial charge on any atom is 0.231 e. The molecule has 4 heteroatoms. The number of rotatable bonds is 1. The van der Waals surface area contributed by atoms with Gasteiger partial charge in [0.15, 0.2) is 11.5 Å². The summed E-state index contributed by atoms with van der Waals surface area (Å²) in [6.45, 7) is 9.15. The molecule has 3 unspecified atom stereocenters. The van der Waals surface area contributed by atoms with Crippen molar-refractivity contribution in [3.63, 3.8) is 0 Å². The second-order valence-corrected chi connectivity index (χ2v) is 9.39. The molecule has 2 fully saturated rings. The number of ether oxygens (including phenoxy) is 2. The standard InChI is InChI=1S/C22H28O4/c1-20(2)8-6-9-21(3)16(20)7-10-22(4)17(21)11-13-18(24)15(25-5)12-14(23)19(13)26-22/h11-12,16H,6-10H2,1-5H3. The third-order valence-electron chi connectivity index (χ3n) is 7.36. The van der Waals surface area contributed by atoms with E-state index in [0.717, 1.165) is 19.3 Å². The van der Waals surface area contributed by atoms with E-state index in [9.17, 15) is 9.59 Å². The smallest absolute Gasteiger partial charge is 0.231 e. The van der Waals surface area contributed by atoms with Crippen molar-refractivity contribution < 1.29 is 19.1 Å². The van der Waals surface area contributed by atoms with Crippen molar-refractivity contribution in [1.29, 1.82) is 0 Å². The molecule has 4 nitrogen and oxygen atoms in total. The summed E-state index contributed by atoms with van der Waals surface area (Å²) in [4.78, 5) is 25.3. The monoisotopic (exact) mass is 356 g/mol. The molecule has 0 spiro atoms. The van der Waals surface area contributed by atoms with Crippen molar-refractivity contribution in [2.75, 3.05) is 7.11 Å². The Bertz CT molecular complexity index is 797. The first-order valence-corrected chi connectivity index (χ1v) is 9.63. The molecular weight excluding hydrogens is 328 g/mol. The minimum atomic E-state index is -0.508. The summed E-state index contributed by atoms with van der Waals surface area (Å²) in [5.41, 5.74) is 1.31. The van der Waals surface area contributed by atoms with E-state index in [2.05, 4.69) is 27.7 Å². The predicted molar refractivity (Wildman–Crippen MR) is 98.2 cm³/mol. The molecule has 0 bridgehead atoms. The van der Waals surface area contributed by atoms with Crippen LogP contribution < -0.4 is 0 Å². The van der Waals surface area contributed by atoms with Gasteiger partial charge in [-0.05, 0) is 61.0 Å². The molecule has 0 radical (unpaired) electrons. The normalized spacial score (nSPS) is 38.4. The Labute approximate surface area is 155 Å². The van der Waals surface area contributed by atoms with Gasteiger partial charge in [-0.1, -0.05) is 27.2 Å². The van der Waals surface area contributed by atoms with Gasteiger partial charge in [-0.3, -0.25) is 9.59 Å². The van der Waals surface area contributed by atoms with Crippen LogP contribution in [0.3, 0.4) is 0 Å². The highest BCUT2D eigenvalue weighted by Gasteiger charge is 2.58. The van der Waals surface area contributed by atoms with Crippen molar-refractivity contribution in [2.45, 2.75) is 65.4 Å². The lowest BCUT2D eigenvalue weighted by Gasteiger charge is -2.60.